The Bertz CT molecular complexity index is 229. The Kier molecular flexibility index (Phi) is 4.43. The van der Waals surface area contributed by atoms with Crippen LogP contribution in [-0.4, -0.2) is 41.1 Å². The second-order valence-corrected chi connectivity index (χ2v) is 5.30. The molecule has 0 aromatic heterocycles. The van der Waals surface area contributed by atoms with Crippen LogP contribution in [0.2, 0.25) is 0 Å². The molecule has 4 nitrogen and oxygen atoms in total. The smallest absolute Gasteiger partial charge is 0.307 e. The van der Waals surface area contributed by atoms with Crippen LogP contribution in [0.4, 0.5) is 0 Å². The molecule has 1 heterocycles. The van der Waals surface area contributed by atoms with Gasteiger partial charge in [-0.3, -0.25) is 4.79 Å². The Morgan fingerprint density at radius 3 is 2.80 bits per heavy atom. The molecular weight excluding hydrogens is 216 g/mol. The second-order valence-electron chi connectivity index (χ2n) is 4.23. The number of hydrogen-bond donors (Lipinski definition) is 1. The van der Waals surface area contributed by atoms with Crippen molar-refractivity contribution in [2.75, 3.05) is 18.1 Å². The van der Waals surface area contributed by atoms with Gasteiger partial charge in [0.15, 0.2) is 5.79 Å². The van der Waals surface area contributed by atoms with Gasteiger partial charge in [-0.15, -0.1) is 0 Å². The molecule has 1 aliphatic heterocycles. The number of carboxylic acids is 1. The Morgan fingerprint density at radius 1 is 1.67 bits per heavy atom. The van der Waals surface area contributed by atoms with E-state index in [1.807, 2.05) is 13.8 Å². The molecule has 15 heavy (non-hydrogen) atoms. The van der Waals surface area contributed by atoms with Gasteiger partial charge in [-0.25, -0.2) is 0 Å². The molecule has 1 rings (SSSR count). The van der Waals surface area contributed by atoms with E-state index in [1.54, 1.807) is 18.7 Å². The first-order valence-electron chi connectivity index (χ1n) is 5.03. The third kappa shape index (κ3) is 4.40. The van der Waals surface area contributed by atoms with Crippen LogP contribution in [0.1, 0.15) is 20.8 Å². The third-order valence-electron chi connectivity index (χ3n) is 2.16. The van der Waals surface area contributed by atoms with Crippen LogP contribution in [0.25, 0.3) is 0 Å². The normalized spacial score (nSPS) is 26.5. The summed E-state index contributed by atoms with van der Waals surface area (Å²) in [5.74, 6) is -0.114. The molecule has 0 radical (unpaired) electrons. The molecule has 1 aliphatic rings. The molecule has 2 atom stereocenters. The maximum absolute atomic E-state index is 10.6. The van der Waals surface area contributed by atoms with E-state index >= 15 is 0 Å². The quantitative estimate of drug-likeness (QED) is 0.783. The summed E-state index contributed by atoms with van der Waals surface area (Å²) in [4.78, 5) is 10.6. The van der Waals surface area contributed by atoms with E-state index < -0.39 is 11.8 Å². The lowest BCUT2D eigenvalue weighted by atomic mass is 10.2. The van der Waals surface area contributed by atoms with Crippen LogP contribution < -0.4 is 0 Å². The van der Waals surface area contributed by atoms with Crippen LogP contribution in [0.15, 0.2) is 0 Å². The van der Waals surface area contributed by atoms with E-state index in [-0.39, 0.29) is 12.0 Å². The van der Waals surface area contributed by atoms with E-state index in [4.69, 9.17) is 14.6 Å². The summed E-state index contributed by atoms with van der Waals surface area (Å²) in [6.07, 6.45) is 0.0889. The van der Waals surface area contributed by atoms with E-state index in [0.29, 0.717) is 12.4 Å². The highest BCUT2D eigenvalue weighted by Gasteiger charge is 2.32. The molecule has 0 aromatic carbocycles. The zero-order valence-corrected chi connectivity index (χ0v) is 10.2. The fraction of sp³-hybridized carbons (Fsp3) is 0.900. The van der Waals surface area contributed by atoms with Crippen LogP contribution in [-0.2, 0) is 14.3 Å². The van der Waals surface area contributed by atoms with Gasteiger partial charge in [0.2, 0.25) is 0 Å². The Hall–Kier alpha value is -0.260. The minimum atomic E-state index is -0.744. The number of hydrogen-bond acceptors (Lipinski definition) is 4. The van der Waals surface area contributed by atoms with Gasteiger partial charge in [-0.2, -0.15) is 11.8 Å². The minimum Gasteiger partial charge on any atom is -0.481 e. The van der Waals surface area contributed by atoms with Gasteiger partial charge in [0, 0.05) is 11.5 Å². The summed E-state index contributed by atoms with van der Waals surface area (Å²) in [7, 11) is 0. The highest BCUT2D eigenvalue weighted by molar-refractivity contribution is 7.99. The van der Waals surface area contributed by atoms with E-state index in [9.17, 15) is 4.79 Å². The lowest BCUT2D eigenvalue weighted by molar-refractivity contribution is -0.140. The van der Waals surface area contributed by atoms with Crippen molar-refractivity contribution >= 4 is 17.7 Å². The van der Waals surface area contributed by atoms with Crippen molar-refractivity contribution in [3.63, 3.8) is 0 Å². The molecule has 1 N–H and O–H groups in total. The van der Waals surface area contributed by atoms with Crippen molar-refractivity contribution in [3.8, 4) is 0 Å². The monoisotopic (exact) mass is 234 g/mol. The average Bonchev–Trinajstić information content (AvgIpc) is 2.45. The molecular formula is C10H18O4S. The van der Waals surface area contributed by atoms with Crippen LogP contribution in [0, 0.1) is 5.92 Å². The van der Waals surface area contributed by atoms with Crippen molar-refractivity contribution in [1.29, 1.82) is 0 Å². The van der Waals surface area contributed by atoms with Gasteiger partial charge in [-0.05, 0) is 13.8 Å². The summed E-state index contributed by atoms with van der Waals surface area (Å²) < 4.78 is 11.0. The van der Waals surface area contributed by atoms with Crippen molar-refractivity contribution < 1.29 is 19.4 Å². The van der Waals surface area contributed by atoms with E-state index in [2.05, 4.69) is 0 Å². The van der Waals surface area contributed by atoms with Gasteiger partial charge in [0.25, 0.3) is 0 Å². The van der Waals surface area contributed by atoms with Gasteiger partial charge in [0.1, 0.15) is 0 Å². The Morgan fingerprint density at radius 2 is 2.33 bits per heavy atom. The van der Waals surface area contributed by atoms with Crippen LogP contribution in [0.3, 0.4) is 0 Å². The SMILES string of the molecule is C[C@H](CSCC1COC(C)(C)O1)C(=O)O. The summed E-state index contributed by atoms with van der Waals surface area (Å²) >= 11 is 1.60. The predicted octanol–water partition coefficient (Wildman–Crippen LogP) is 1.59. The van der Waals surface area contributed by atoms with Crippen molar-refractivity contribution in [3.05, 3.63) is 0 Å². The number of rotatable bonds is 5. The molecule has 1 unspecified atom stereocenters. The highest BCUT2D eigenvalue weighted by Crippen LogP contribution is 2.24. The topological polar surface area (TPSA) is 55.8 Å². The Labute approximate surface area is 94.3 Å². The number of carboxylic acid groups (broad SMARTS) is 1. The zero-order chi connectivity index (χ0) is 11.5. The number of carbonyl (C=O) groups is 1. The summed E-state index contributed by atoms with van der Waals surface area (Å²) in [5, 5.41) is 8.69. The van der Waals surface area contributed by atoms with Crippen LogP contribution >= 0.6 is 11.8 Å². The molecule has 0 bridgehead atoms. The van der Waals surface area contributed by atoms with Gasteiger partial charge in [0.05, 0.1) is 18.6 Å². The molecule has 5 heteroatoms. The first kappa shape index (κ1) is 12.8. The number of aliphatic carboxylic acids is 1. The van der Waals surface area contributed by atoms with Gasteiger partial charge in [-0.1, -0.05) is 6.92 Å². The molecule has 0 aliphatic carbocycles. The molecule has 1 saturated heterocycles. The minimum absolute atomic E-state index is 0.0889. The maximum Gasteiger partial charge on any atom is 0.307 e. The lowest BCUT2D eigenvalue weighted by Crippen LogP contribution is -2.23. The zero-order valence-electron chi connectivity index (χ0n) is 9.36. The van der Waals surface area contributed by atoms with E-state index in [1.165, 1.54) is 0 Å². The lowest BCUT2D eigenvalue weighted by Gasteiger charge is -2.17. The summed E-state index contributed by atoms with van der Waals surface area (Å²) in [5.41, 5.74) is 0. The Balaban J connectivity index is 2.14. The number of thioether (sulfide) groups is 1. The highest BCUT2D eigenvalue weighted by atomic mass is 32.2. The summed E-state index contributed by atoms with van der Waals surface area (Å²) in [6.45, 7) is 6.09. The molecule has 0 amide bonds. The molecule has 1 fully saturated rings. The van der Waals surface area contributed by atoms with Crippen LogP contribution in [0.5, 0.6) is 0 Å². The van der Waals surface area contributed by atoms with Crippen molar-refractivity contribution in [2.24, 2.45) is 5.92 Å². The van der Waals surface area contributed by atoms with E-state index in [0.717, 1.165) is 5.75 Å². The molecule has 88 valence electrons. The standard InChI is InChI=1S/C10H18O4S/c1-7(9(11)12)5-15-6-8-4-13-10(2,3)14-8/h7-8H,4-6H2,1-3H3,(H,11,12)/t7-,8?/m1/s1. The molecule has 0 spiro atoms. The molecule has 0 aromatic rings. The fourth-order valence-electron chi connectivity index (χ4n) is 1.29. The maximum atomic E-state index is 10.6. The third-order valence-corrected chi connectivity index (χ3v) is 3.50. The molecule has 0 saturated carbocycles. The first-order chi connectivity index (χ1) is 6.91. The van der Waals surface area contributed by atoms with Crippen molar-refractivity contribution in [2.45, 2.75) is 32.7 Å². The fourth-order valence-corrected chi connectivity index (χ4v) is 2.35. The first-order valence-corrected chi connectivity index (χ1v) is 6.18. The van der Waals surface area contributed by atoms with Gasteiger partial charge >= 0.3 is 5.97 Å². The predicted molar refractivity (Wildman–Crippen MR) is 59.0 cm³/mol. The van der Waals surface area contributed by atoms with Gasteiger partial charge < -0.3 is 14.6 Å². The second kappa shape index (κ2) is 5.18. The average molecular weight is 234 g/mol. The summed E-state index contributed by atoms with van der Waals surface area (Å²) in [6, 6.07) is 0. The largest absolute Gasteiger partial charge is 0.481 e. The number of ether oxygens (including phenoxy) is 2. The van der Waals surface area contributed by atoms with Crippen molar-refractivity contribution in [1.82, 2.24) is 0 Å².